The van der Waals surface area contributed by atoms with Gasteiger partial charge in [-0.05, 0) is 31.7 Å². The van der Waals surface area contributed by atoms with Crippen molar-refractivity contribution in [3.05, 3.63) is 0 Å². The van der Waals surface area contributed by atoms with Gasteiger partial charge in [-0.3, -0.25) is 4.90 Å². The number of likely N-dealkylation sites (tertiary alicyclic amines) is 1. The van der Waals surface area contributed by atoms with Crippen LogP contribution < -0.4 is 0 Å². The minimum atomic E-state index is -1.60. The predicted octanol–water partition coefficient (Wildman–Crippen LogP) is -0.383. The molecule has 1 saturated heterocycles. The van der Waals surface area contributed by atoms with Gasteiger partial charge in [0.1, 0.15) is 11.2 Å². The zero-order valence-corrected chi connectivity index (χ0v) is 19.6. The standard InChI is InChI=1S/C24H39NO7/c1-5-25-10-21(11-26)7-6-15(27)23-13-8-12-14(30-2)9-22(28,16(13)17(12)31-3)24(29,20(23)25)19(32-4)18(21)23/h12-20,26-29H,5-11H2,1-4H3. The highest BCUT2D eigenvalue weighted by Crippen LogP contribution is 2.80. The van der Waals surface area contributed by atoms with E-state index in [-0.39, 0.29) is 42.5 Å². The zero-order valence-electron chi connectivity index (χ0n) is 19.6. The van der Waals surface area contributed by atoms with Crippen molar-refractivity contribution in [2.45, 2.75) is 74.3 Å². The molecule has 0 aromatic heterocycles. The second-order valence-corrected chi connectivity index (χ2v) is 11.6. The summed E-state index contributed by atoms with van der Waals surface area (Å²) in [7, 11) is 4.95. The van der Waals surface area contributed by atoms with Crippen LogP contribution in [0.5, 0.6) is 0 Å². The lowest BCUT2D eigenvalue weighted by Gasteiger charge is -2.69. The molecule has 32 heavy (non-hydrogen) atoms. The first-order valence-electron chi connectivity index (χ1n) is 12.3. The molecule has 8 heteroatoms. The lowest BCUT2D eigenvalue weighted by molar-refractivity contribution is -0.318. The fourth-order valence-electron chi connectivity index (χ4n) is 10.7. The average Bonchev–Trinajstić information content (AvgIpc) is 3.21. The van der Waals surface area contributed by atoms with Crippen LogP contribution in [0.3, 0.4) is 0 Å². The van der Waals surface area contributed by atoms with Crippen LogP contribution in [-0.2, 0) is 14.2 Å². The topological polar surface area (TPSA) is 112 Å². The summed E-state index contributed by atoms with van der Waals surface area (Å²) in [6.45, 7) is 3.36. The van der Waals surface area contributed by atoms with Crippen molar-refractivity contribution in [3.8, 4) is 0 Å². The highest BCUT2D eigenvalue weighted by Gasteiger charge is 2.91. The molecule has 6 aliphatic rings. The van der Waals surface area contributed by atoms with Gasteiger partial charge in [0.25, 0.3) is 0 Å². The smallest absolute Gasteiger partial charge is 0.136 e. The van der Waals surface area contributed by atoms with Crippen LogP contribution >= 0.6 is 0 Å². The van der Waals surface area contributed by atoms with Crippen molar-refractivity contribution in [2.24, 2.45) is 34.5 Å². The van der Waals surface area contributed by atoms with E-state index in [1.54, 1.807) is 21.3 Å². The predicted molar refractivity (Wildman–Crippen MR) is 114 cm³/mol. The Balaban J connectivity index is 1.68. The van der Waals surface area contributed by atoms with E-state index < -0.39 is 40.3 Å². The van der Waals surface area contributed by atoms with Gasteiger partial charge < -0.3 is 34.6 Å². The Bertz CT molecular complexity index is 798. The molecule has 182 valence electrons. The molecule has 0 amide bonds. The minimum Gasteiger partial charge on any atom is -0.396 e. The highest BCUT2D eigenvalue weighted by molar-refractivity contribution is 5.41. The molecule has 5 saturated carbocycles. The summed E-state index contributed by atoms with van der Waals surface area (Å²) in [5.41, 5.74) is -4.23. The summed E-state index contributed by atoms with van der Waals surface area (Å²) in [5.74, 6) is -0.488. The molecule has 0 radical (unpaired) electrons. The minimum absolute atomic E-state index is 0.0149. The lowest BCUT2D eigenvalue weighted by Crippen LogP contribution is -2.82. The molecule has 1 spiro atoms. The van der Waals surface area contributed by atoms with Gasteiger partial charge in [-0.25, -0.2) is 0 Å². The van der Waals surface area contributed by atoms with Gasteiger partial charge in [0.05, 0.1) is 37.1 Å². The number of hydrogen-bond acceptors (Lipinski definition) is 8. The Hall–Kier alpha value is -0.320. The molecular formula is C24H39NO7. The molecule has 0 aromatic carbocycles. The molecular weight excluding hydrogens is 414 g/mol. The van der Waals surface area contributed by atoms with Gasteiger partial charge in [0.2, 0.25) is 0 Å². The third-order valence-electron chi connectivity index (χ3n) is 11.4. The van der Waals surface area contributed by atoms with E-state index in [9.17, 15) is 20.4 Å². The first-order valence-corrected chi connectivity index (χ1v) is 12.3. The number of ether oxygens (including phenoxy) is 3. The number of rotatable bonds is 5. The maximum absolute atomic E-state index is 12.8. The summed E-state index contributed by atoms with van der Waals surface area (Å²) < 4.78 is 18.0. The number of aliphatic hydroxyl groups is 4. The molecule has 7 bridgehead atoms. The Labute approximate surface area is 189 Å². The third-order valence-corrected chi connectivity index (χ3v) is 11.4. The average molecular weight is 454 g/mol. The van der Waals surface area contributed by atoms with E-state index in [0.717, 1.165) is 6.42 Å². The number of methoxy groups -OCH3 is 3. The molecule has 1 heterocycles. The molecule has 8 nitrogen and oxygen atoms in total. The first-order chi connectivity index (χ1) is 15.3. The van der Waals surface area contributed by atoms with Crippen LogP contribution in [-0.4, -0.2) is 108 Å². The van der Waals surface area contributed by atoms with Gasteiger partial charge in [0.15, 0.2) is 0 Å². The van der Waals surface area contributed by atoms with Gasteiger partial charge in [-0.15, -0.1) is 0 Å². The molecule has 6 fully saturated rings. The van der Waals surface area contributed by atoms with Gasteiger partial charge in [-0.1, -0.05) is 6.92 Å². The van der Waals surface area contributed by atoms with Crippen LogP contribution in [0.1, 0.15) is 32.6 Å². The fourth-order valence-corrected chi connectivity index (χ4v) is 10.7. The third kappa shape index (κ3) is 1.96. The quantitative estimate of drug-likeness (QED) is 0.446. The largest absolute Gasteiger partial charge is 0.396 e. The SMILES string of the molecule is CCN1CC2(CO)CCC(O)C34C5CC6C(OC)CC(O)(C5C6OC)C(O)(C(OC)C23)C14. The van der Waals surface area contributed by atoms with E-state index in [2.05, 4.69) is 11.8 Å². The summed E-state index contributed by atoms with van der Waals surface area (Å²) in [4.78, 5) is 2.23. The van der Waals surface area contributed by atoms with Crippen molar-refractivity contribution < 1.29 is 34.6 Å². The maximum Gasteiger partial charge on any atom is 0.136 e. The number of aliphatic hydroxyl groups excluding tert-OH is 2. The molecule has 5 aliphatic carbocycles. The first kappa shape index (κ1) is 22.2. The Kier molecular flexibility index (Phi) is 4.62. The zero-order chi connectivity index (χ0) is 22.8. The Morgan fingerprint density at radius 1 is 1.09 bits per heavy atom. The van der Waals surface area contributed by atoms with Crippen LogP contribution in [0.25, 0.3) is 0 Å². The highest BCUT2D eigenvalue weighted by atomic mass is 16.5. The Morgan fingerprint density at radius 2 is 1.84 bits per heavy atom. The van der Waals surface area contributed by atoms with Crippen LogP contribution in [0.2, 0.25) is 0 Å². The fraction of sp³-hybridized carbons (Fsp3) is 1.00. The number of fused-ring (bicyclic) bond motifs is 2. The number of piperidine rings is 1. The molecule has 1 aliphatic heterocycles. The van der Waals surface area contributed by atoms with E-state index in [1.807, 2.05) is 0 Å². The number of hydrogen-bond donors (Lipinski definition) is 4. The second-order valence-electron chi connectivity index (χ2n) is 11.6. The molecule has 13 unspecified atom stereocenters. The lowest BCUT2D eigenvalue weighted by atomic mass is 9.42. The molecule has 6 rings (SSSR count). The van der Waals surface area contributed by atoms with Gasteiger partial charge in [-0.2, -0.15) is 0 Å². The van der Waals surface area contributed by atoms with Crippen molar-refractivity contribution >= 4 is 0 Å². The summed E-state index contributed by atoms with van der Waals surface area (Å²) in [5, 5.41) is 48.0. The molecule has 0 aromatic rings. The van der Waals surface area contributed by atoms with E-state index in [1.165, 1.54) is 0 Å². The van der Waals surface area contributed by atoms with E-state index in [0.29, 0.717) is 32.4 Å². The number of nitrogens with zero attached hydrogens (tertiary/aromatic N) is 1. The van der Waals surface area contributed by atoms with E-state index >= 15 is 0 Å². The van der Waals surface area contributed by atoms with E-state index in [4.69, 9.17) is 14.2 Å². The number of likely N-dealkylation sites (N-methyl/N-ethyl adjacent to an activating group) is 1. The van der Waals surface area contributed by atoms with Crippen molar-refractivity contribution in [1.82, 2.24) is 4.90 Å². The van der Waals surface area contributed by atoms with Crippen LogP contribution in [0, 0.1) is 34.5 Å². The van der Waals surface area contributed by atoms with Crippen LogP contribution in [0.15, 0.2) is 0 Å². The molecule has 13 atom stereocenters. The van der Waals surface area contributed by atoms with Crippen molar-refractivity contribution in [2.75, 3.05) is 41.0 Å². The van der Waals surface area contributed by atoms with Gasteiger partial charge in [0, 0.05) is 62.9 Å². The summed E-state index contributed by atoms with van der Waals surface area (Å²) in [6, 6.07) is -0.442. The maximum atomic E-state index is 12.8. The molecule has 4 N–H and O–H groups in total. The normalized spacial score (nSPS) is 62.4. The Morgan fingerprint density at radius 3 is 2.44 bits per heavy atom. The summed E-state index contributed by atoms with van der Waals surface area (Å²) in [6.07, 6.45) is 0.570. The van der Waals surface area contributed by atoms with Crippen molar-refractivity contribution in [1.29, 1.82) is 0 Å². The van der Waals surface area contributed by atoms with Crippen molar-refractivity contribution in [3.63, 3.8) is 0 Å². The monoisotopic (exact) mass is 453 g/mol. The summed E-state index contributed by atoms with van der Waals surface area (Å²) >= 11 is 0. The van der Waals surface area contributed by atoms with Crippen LogP contribution in [0.4, 0.5) is 0 Å². The van der Waals surface area contributed by atoms with Gasteiger partial charge >= 0.3 is 0 Å². The second kappa shape index (κ2) is 6.66.